The summed E-state index contributed by atoms with van der Waals surface area (Å²) in [7, 11) is 0. The first-order valence-corrected chi connectivity index (χ1v) is 10.6. The van der Waals surface area contributed by atoms with Crippen LogP contribution >= 0.6 is 11.3 Å². The fourth-order valence-electron chi connectivity index (χ4n) is 3.92. The van der Waals surface area contributed by atoms with Gasteiger partial charge in [0.15, 0.2) is 5.82 Å². The fraction of sp³-hybridized carbons (Fsp3) is 0.409. The summed E-state index contributed by atoms with van der Waals surface area (Å²) in [6, 6.07) is 7.00. The summed E-state index contributed by atoms with van der Waals surface area (Å²) < 4.78 is 0. The van der Waals surface area contributed by atoms with E-state index in [1.165, 1.54) is 23.3 Å². The predicted octanol–water partition coefficient (Wildman–Crippen LogP) is 5.38. The lowest BCUT2D eigenvalue weighted by Crippen LogP contribution is -2.28. The molecule has 2 N–H and O–H groups in total. The van der Waals surface area contributed by atoms with Crippen molar-refractivity contribution in [2.45, 2.75) is 46.5 Å². The molecule has 5 nitrogen and oxygen atoms in total. The topological polar surface area (TPSA) is 70.4 Å². The highest BCUT2D eigenvalue weighted by Gasteiger charge is 2.33. The number of benzene rings is 1. The average Bonchev–Trinajstić information content (AvgIpc) is 3.06. The van der Waals surface area contributed by atoms with Crippen LogP contribution in [0.25, 0.3) is 10.2 Å². The van der Waals surface area contributed by atoms with E-state index < -0.39 is 0 Å². The average molecular weight is 395 g/mol. The molecule has 1 atom stereocenters. The number of aryl methyl sites for hydroxylation is 1. The molecular formula is C22H26N4OS. The molecule has 0 aliphatic heterocycles. The molecule has 3 aromatic rings. The van der Waals surface area contributed by atoms with Gasteiger partial charge in [0.2, 0.25) is 0 Å². The normalized spacial score (nSPS) is 17.2. The Morgan fingerprint density at radius 3 is 3.00 bits per heavy atom. The number of hydrogen-bond acceptors (Lipinski definition) is 6. The molecule has 0 bridgehead atoms. The fourth-order valence-corrected chi connectivity index (χ4v) is 5.11. The number of phenolic OH excluding ortho intramolecular Hbond substituents is 1. The van der Waals surface area contributed by atoms with Crippen molar-refractivity contribution in [2.24, 2.45) is 16.4 Å². The molecule has 2 aromatic heterocycles. The minimum Gasteiger partial charge on any atom is -0.508 e. The number of hydrazone groups is 1. The first kappa shape index (κ1) is 18.9. The third-order valence-electron chi connectivity index (χ3n) is 6.11. The molecule has 0 fully saturated rings. The van der Waals surface area contributed by atoms with Crippen LogP contribution in [-0.4, -0.2) is 21.3 Å². The molecule has 0 saturated heterocycles. The molecule has 2 heterocycles. The number of phenols is 1. The zero-order valence-electron chi connectivity index (χ0n) is 16.6. The molecule has 0 spiro atoms. The van der Waals surface area contributed by atoms with Gasteiger partial charge in [0.1, 0.15) is 16.9 Å². The number of aromatic hydroxyl groups is 1. The Kier molecular flexibility index (Phi) is 5.06. The summed E-state index contributed by atoms with van der Waals surface area (Å²) in [5.41, 5.74) is 5.66. The van der Waals surface area contributed by atoms with Crippen molar-refractivity contribution in [3.63, 3.8) is 0 Å². The standard InChI is InChI=1S/C22H26N4OS/c1-4-22(2,3)15-8-9-18-17(11-15)19-20(23-13-24-21(19)28-18)26-25-12-14-6-5-7-16(27)10-14/h5-7,10,12-13,15,27H,4,8-9,11H2,1-3H3,(H,23,24,26)/b25-12+/t15-/m0/s1. The zero-order chi connectivity index (χ0) is 19.7. The predicted molar refractivity (Wildman–Crippen MR) is 116 cm³/mol. The quantitative estimate of drug-likeness (QED) is 0.450. The van der Waals surface area contributed by atoms with Crippen molar-refractivity contribution in [3.05, 3.63) is 46.6 Å². The van der Waals surface area contributed by atoms with Crippen LogP contribution in [-0.2, 0) is 12.8 Å². The van der Waals surface area contributed by atoms with Crippen molar-refractivity contribution < 1.29 is 5.11 Å². The highest BCUT2D eigenvalue weighted by molar-refractivity contribution is 7.19. The molecule has 1 aliphatic rings. The SMILES string of the molecule is CCC(C)(C)[C@H]1CCc2sc3ncnc(N/N=C/c4cccc(O)c4)c3c2C1. The molecule has 1 aliphatic carbocycles. The molecule has 0 radical (unpaired) electrons. The molecule has 28 heavy (non-hydrogen) atoms. The Bertz CT molecular complexity index is 1020. The van der Waals surface area contributed by atoms with Gasteiger partial charge in [-0.15, -0.1) is 11.3 Å². The van der Waals surface area contributed by atoms with Crippen LogP contribution in [0.4, 0.5) is 5.82 Å². The number of fused-ring (bicyclic) bond motifs is 3. The van der Waals surface area contributed by atoms with Gasteiger partial charge in [-0.1, -0.05) is 39.3 Å². The van der Waals surface area contributed by atoms with Gasteiger partial charge >= 0.3 is 0 Å². The third kappa shape index (κ3) is 3.61. The Morgan fingerprint density at radius 2 is 2.21 bits per heavy atom. The van der Waals surface area contributed by atoms with Gasteiger partial charge in [-0.25, -0.2) is 9.97 Å². The summed E-state index contributed by atoms with van der Waals surface area (Å²) in [6.45, 7) is 7.05. The number of thiophene rings is 1. The summed E-state index contributed by atoms with van der Waals surface area (Å²) in [4.78, 5) is 11.5. The summed E-state index contributed by atoms with van der Waals surface area (Å²) >= 11 is 1.79. The molecular weight excluding hydrogens is 368 g/mol. The molecule has 4 rings (SSSR count). The number of nitrogens with zero attached hydrogens (tertiary/aromatic N) is 3. The summed E-state index contributed by atoms with van der Waals surface area (Å²) in [5.74, 6) is 1.66. The second-order valence-corrected chi connectivity index (χ2v) is 9.24. The number of aromatic nitrogens is 2. The number of anilines is 1. The maximum atomic E-state index is 9.58. The van der Waals surface area contributed by atoms with E-state index in [1.54, 1.807) is 42.1 Å². The van der Waals surface area contributed by atoms with Crippen LogP contribution in [0, 0.1) is 11.3 Å². The lowest BCUT2D eigenvalue weighted by Gasteiger charge is -2.36. The highest BCUT2D eigenvalue weighted by Crippen LogP contribution is 2.45. The minimum atomic E-state index is 0.227. The van der Waals surface area contributed by atoms with Crippen molar-refractivity contribution in [1.29, 1.82) is 0 Å². The van der Waals surface area contributed by atoms with Crippen LogP contribution < -0.4 is 5.43 Å². The highest BCUT2D eigenvalue weighted by atomic mass is 32.1. The van der Waals surface area contributed by atoms with Crippen molar-refractivity contribution in [1.82, 2.24) is 9.97 Å². The van der Waals surface area contributed by atoms with Crippen molar-refractivity contribution >= 4 is 33.6 Å². The maximum Gasteiger partial charge on any atom is 0.158 e. The summed E-state index contributed by atoms with van der Waals surface area (Å²) in [6.07, 6.45) is 7.92. The summed E-state index contributed by atoms with van der Waals surface area (Å²) in [5, 5.41) is 15.0. The molecule has 0 saturated carbocycles. The van der Waals surface area contributed by atoms with E-state index in [-0.39, 0.29) is 5.75 Å². The zero-order valence-corrected chi connectivity index (χ0v) is 17.4. The first-order chi connectivity index (χ1) is 13.5. The Hall–Kier alpha value is -2.47. The lowest BCUT2D eigenvalue weighted by molar-refractivity contribution is 0.184. The smallest absolute Gasteiger partial charge is 0.158 e. The third-order valence-corrected chi connectivity index (χ3v) is 7.31. The van der Waals surface area contributed by atoms with Crippen LogP contribution in [0.15, 0.2) is 35.7 Å². The van der Waals surface area contributed by atoms with Gasteiger partial charge in [0, 0.05) is 4.88 Å². The van der Waals surface area contributed by atoms with E-state index in [0.717, 1.165) is 34.4 Å². The maximum absolute atomic E-state index is 9.58. The second-order valence-electron chi connectivity index (χ2n) is 8.15. The van der Waals surface area contributed by atoms with Crippen LogP contribution in [0.5, 0.6) is 5.75 Å². The number of rotatable bonds is 5. The molecule has 0 amide bonds. The van der Waals surface area contributed by atoms with Gasteiger partial charge < -0.3 is 5.11 Å². The number of hydrogen-bond donors (Lipinski definition) is 2. The van der Waals surface area contributed by atoms with Crippen LogP contribution in [0.3, 0.4) is 0 Å². The van der Waals surface area contributed by atoms with Gasteiger partial charge in [-0.05, 0) is 53.9 Å². The van der Waals surface area contributed by atoms with Crippen LogP contribution in [0.2, 0.25) is 0 Å². The first-order valence-electron chi connectivity index (χ1n) is 9.81. The van der Waals surface area contributed by atoms with Crippen molar-refractivity contribution in [2.75, 3.05) is 5.43 Å². The molecule has 6 heteroatoms. The monoisotopic (exact) mass is 394 g/mol. The van der Waals surface area contributed by atoms with Gasteiger partial charge in [-0.2, -0.15) is 5.10 Å². The Labute approximate surface area is 169 Å². The Balaban J connectivity index is 1.64. The second kappa shape index (κ2) is 7.51. The number of nitrogens with one attached hydrogen (secondary N) is 1. The molecule has 1 aromatic carbocycles. The largest absolute Gasteiger partial charge is 0.508 e. The van der Waals surface area contributed by atoms with E-state index in [9.17, 15) is 5.11 Å². The van der Waals surface area contributed by atoms with Gasteiger partial charge in [0.05, 0.1) is 11.6 Å². The van der Waals surface area contributed by atoms with Crippen molar-refractivity contribution in [3.8, 4) is 5.75 Å². The van der Waals surface area contributed by atoms with E-state index in [4.69, 9.17) is 0 Å². The van der Waals surface area contributed by atoms with Crippen LogP contribution in [0.1, 0.15) is 49.6 Å². The van der Waals surface area contributed by atoms with E-state index >= 15 is 0 Å². The van der Waals surface area contributed by atoms with Gasteiger partial charge in [0.25, 0.3) is 0 Å². The Morgan fingerprint density at radius 1 is 1.36 bits per heavy atom. The van der Waals surface area contributed by atoms with E-state index in [2.05, 4.69) is 41.3 Å². The van der Waals surface area contributed by atoms with E-state index in [0.29, 0.717) is 11.3 Å². The van der Waals surface area contributed by atoms with E-state index in [1.807, 2.05) is 6.07 Å². The minimum absolute atomic E-state index is 0.227. The molecule has 146 valence electrons. The lowest BCUT2D eigenvalue weighted by atomic mass is 9.69. The van der Waals surface area contributed by atoms with Gasteiger partial charge in [-0.3, -0.25) is 5.43 Å². The molecule has 0 unspecified atom stereocenters.